The Bertz CT molecular complexity index is 897. The largest absolute Gasteiger partial charge is 0.296 e. The van der Waals surface area contributed by atoms with Crippen LogP contribution in [0.1, 0.15) is 37.6 Å². The van der Waals surface area contributed by atoms with Crippen molar-refractivity contribution in [1.82, 2.24) is 14.9 Å². The van der Waals surface area contributed by atoms with Crippen molar-refractivity contribution >= 4 is 55.6 Å². The number of sulfonamides is 1. The van der Waals surface area contributed by atoms with Crippen LogP contribution in [0.15, 0.2) is 22.5 Å². The molecule has 1 heterocycles. The third kappa shape index (κ3) is 5.11. The average molecular weight is 423 g/mol. The smallest absolute Gasteiger partial charge is 0.270 e. The van der Waals surface area contributed by atoms with Gasteiger partial charge in [0.05, 0.1) is 10.6 Å². The maximum absolute atomic E-state index is 12.3. The van der Waals surface area contributed by atoms with Gasteiger partial charge in [0.1, 0.15) is 0 Å². The van der Waals surface area contributed by atoms with Gasteiger partial charge in [-0.25, -0.2) is 13.1 Å². The Kier molecular flexibility index (Phi) is 6.05. The van der Waals surface area contributed by atoms with Crippen molar-refractivity contribution in [2.24, 2.45) is 0 Å². The molecule has 0 aliphatic heterocycles. The fourth-order valence-corrected chi connectivity index (χ4v) is 4.56. The standard InChI is InChI=1S/C14H16Cl2N4O3S2/c1-4-14(2,3)20-25(22,23)13-19-18-12(24-13)17-11(21)9-6-5-8(15)7-10(9)16/h5-7,20H,4H2,1-3H3,(H,17,18,21). The number of amides is 1. The third-order valence-corrected chi connectivity index (χ3v) is 6.78. The summed E-state index contributed by atoms with van der Waals surface area (Å²) in [5.74, 6) is -0.538. The molecule has 1 aromatic heterocycles. The maximum atomic E-state index is 12.3. The highest BCUT2D eigenvalue weighted by Crippen LogP contribution is 2.25. The maximum Gasteiger partial charge on any atom is 0.270 e. The lowest BCUT2D eigenvalue weighted by atomic mass is 10.0. The van der Waals surface area contributed by atoms with Gasteiger partial charge in [-0.2, -0.15) is 0 Å². The molecule has 1 aromatic carbocycles. The lowest BCUT2D eigenvalue weighted by Gasteiger charge is -2.22. The molecule has 11 heteroatoms. The number of nitrogens with one attached hydrogen (secondary N) is 2. The molecular formula is C14H16Cl2N4O3S2. The summed E-state index contributed by atoms with van der Waals surface area (Å²) in [7, 11) is -3.82. The van der Waals surface area contributed by atoms with Crippen LogP contribution >= 0.6 is 34.5 Å². The first kappa shape index (κ1) is 20.1. The van der Waals surface area contributed by atoms with E-state index in [2.05, 4.69) is 20.2 Å². The van der Waals surface area contributed by atoms with Gasteiger partial charge in [0.25, 0.3) is 15.9 Å². The first-order chi connectivity index (χ1) is 11.5. The molecule has 2 rings (SSSR count). The molecular weight excluding hydrogens is 407 g/mol. The van der Waals surface area contributed by atoms with Crippen molar-refractivity contribution in [2.45, 2.75) is 37.1 Å². The number of nitrogens with zero attached hydrogens (tertiary/aromatic N) is 2. The Morgan fingerprint density at radius 2 is 1.96 bits per heavy atom. The number of halogens is 2. The van der Waals surface area contributed by atoms with Gasteiger partial charge in [-0.05, 0) is 38.5 Å². The zero-order chi connectivity index (χ0) is 18.8. The summed E-state index contributed by atoms with van der Waals surface area (Å²) in [6.07, 6.45) is 0.601. The summed E-state index contributed by atoms with van der Waals surface area (Å²) in [5, 5.41) is 10.4. The molecule has 1 amide bonds. The van der Waals surface area contributed by atoms with Crippen LogP contribution in [0.5, 0.6) is 0 Å². The van der Waals surface area contributed by atoms with Crippen LogP contribution in [-0.2, 0) is 10.0 Å². The van der Waals surface area contributed by atoms with Crippen molar-refractivity contribution in [3.63, 3.8) is 0 Å². The molecule has 0 atom stereocenters. The molecule has 2 N–H and O–H groups in total. The van der Waals surface area contributed by atoms with E-state index in [0.29, 0.717) is 11.4 Å². The Morgan fingerprint density at radius 3 is 2.56 bits per heavy atom. The molecule has 0 unspecified atom stereocenters. The van der Waals surface area contributed by atoms with Crippen LogP contribution in [-0.4, -0.2) is 30.1 Å². The molecule has 7 nitrogen and oxygen atoms in total. The van der Waals surface area contributed by atoms with Gasteiger partial charge < -0.3 is 0 Å². The highest BCUT2D eigenvalue weighted by Gasteiger charge is 2.28. The second-order valence-corrected chi connectivity index (χ2v) is 9.47. The van der Waals surface area contributed by atoms with Crippen LogP contribution in [0.25, 0.3) is 0 Å². The molecule has 136 valence electrons. The van der Waals surface area contributed by atoms with Crippen molar-refractivity contribution in [3.8, 4) is 0 Å². The third-order valence-electron chi connectivity index (χ3n) is 3.33. The lowest BCUT2D eigenvalue weighted by Crippen LogP contribution is -2.42. The number of carbonyl (C=O) groups is 1. The van der Waals surface area contributed by atoms with Crippen molar-refractivity contribution in [1.29, 1.82) is 0 Å². The lowest BCUT2D eigenvalue weighted by molar-refractivity contribution is 0.102. The van der Waals surface area contributed by atoms with Gasteiger partial charge in [0.2, 0.25) is 9.47 Å². The van der Waals surface area contributed by atoms with Crippen LogP contribution in [0.4, 0.5) is 5.13 Å². The molecule has 0 spiro atoms. The monoisotopic (exact) mass is 422 g/mol. The minimum atomic E-state index is -3.82. The summed E-state index contributed by atoms with van der Waals surface area (Å²) >= 11 is 12.5. The zero-order valence-corrected chi connectivity index (χ0v) is 16.8. The number of carbonyl (C=O) groups excluding carboxylic acids is 1. The fourth-order valence-electron chi connectivity index (χ4n) is 1.69. The molecule has 0 fully saturated rings. The van der Waals surface area contributed by atoms with Crippen molar-refractivity contribution in [3.05, 3.63) is 33.8 Å². The van der Waals surface area contributed by atoms with E-state index in [1.165, 1.54) is 18.2 Å². The predicted molar refractivity (Wildman–Crippen MR) is 99.0 cm³/mol. The first-order valence-corrected chi connectivity index (χ1v) is 10.2. The van der Waals surface area contributed by atoms with Crippen LogP contribution < -0.4 is 10.0 Å². The highest BCUT2D eigenvalue weighted by molar-refractivity contribution is 7.91. The molecule has 25 heavy (non-hydrogen) atoms. The first-order valence-electron chi connectivity index (χ1n) is 7.18. The number of hydrogen-bond acceptors (Lipinski definition) is 6. The van der Waals surface area contributed by atoms with Crippen molar-refractivity contribution in [2.75, 3.05) is 5.32 Å². The minimum Gasteiger partial charge on any atom is -0.296 e. The van der Waals surface area contributed by atoms with Crippen molar-refractivity contribution < 1.29 is 13.2 Å². The highest BCUT2D eigenvalue weighted by atomic mass is 35.5. The topological polar surface area (TPSA) is 101 Å². The molecule has 2 aromatic rings. The predicted octanol–water partition coefficient (Wildman–Crippen LogP) is 3.56. The Morgan fingerprint density at radius 1 is 1.28 bits per heavy atom. The van der Waals surface area contributed by atoms with Gasteiger partial charge in [-0.15, -0.1) is 10.2 Å². The summed E-state index contributed by atoms with van der Waals surface area (Å²) < 4.78 is 26.9. The number of anilines is 1. The molecule has 0 radical (unpaired) electrons. The quantitative estimate of drug-likeness (QED) is 0.692. The van der Waals surface area contributed by atoms with E-state index < -0.39 is 21.5 Å². The van der Waals surface area contributed by atoms with E-state index in [-0.39, 0.29) is 20.1 Å². The second kappa shape index (κ2) is 7.55. The SMILES string of the molecule is CCC(C)(C)NS(=O)(=O)c1nnc(NC(=O)c2ccc(Cl)cc2Cl)s1. The van der Waals surface area contributed by atoms with Crippen LogP contribution in [0.3, 0.4) is 0 Å². The molecule has 0 saturated heterocycles. The molecule has 0 saturated carbocycles. The van der Waals surface area contributed by atoms with Gasteiger partial charge in [-0.3, -0.25) is 10.1 Å². The second-order valence-electron chi connectivity index (χ2n) is 5.79. The molecule has 0 aliphatic carbocycles. The van der Waals surface area contributed by atoms with Crippen LogP contribution in [0, 0.1) is 0 Å². The van der Waals surface area contributed by atoms with Gasteiger partial charge in [0.15, 0.2) is 0 Å². The fraction of sp³-hybridized carbons (Fsp3) is 0.357. The molecule has 0 aliphatic rings. The minimum absolute atomic E-state index is 0.0469. The van der Waals surface area contributed by atoms with E-state index in [4.69, 9.17) is 23.2 Å². The Labute approximate surface area is 159 Å². The summed E-state index contributed by atoms with van der Waals surface area (Å²) in [6.45, 7) is 5.39. The molecule has 0 bridgehead atoms. The number of rotatable bonds is 6. The van der Waals surface area contributed by atoms with E-state index in [1.54, 1.807) is 13.8 Å². The number of aromatic nitrogens is 2. The van der Waals surface area contributed by atoms with E-state index >= 15 is 0 Å². The Balaban J connectivity index is 2.17. The summed E-state index contributed by atoms with van der Waals surface area (Å²) in [6, 6.07) is 4.42. The summed E-state index contributed by atoms with van der Waals surface area (Å²) in [4.78, 5) is 12.2. The average Bonchev–Trinajstić information content (AvgIpc) is 2.95. The van der Waals surface area contributed by atoms with Crippen LogP contribution in [0.2, 0.25) is 10.0 Å². The van der Waals surface area contributed by atoms with E-state index in [1.807, 2.05) is 6.92 Å². The van der Waals surface area contributed by atoms with Gasteiger partial charge >= 0.3 is 0 Å². The van der Waals surface area contributed by atoms with E-state index in [9.17, 15) is 13.2 Å². The van der Waals surface area contributed by atoms with E-state index in [0.717, 1.165) is 11.3 Å². The number of benzene rings is 1. The van der Waals surface area contributed by atoms with Gasteiger partial charge in [0, 0.05) is 10.6 Å². The Hall–Kier alpha value is -1.26. The number of hydrogen-bond donors (Lipinski definition) is 2. The zero-order valence-electron chi connectivity index (χ0n) is 13.6. The van der Waals surface area contributed by atoms with Gasteiger partial charge in [-0.1, -0.05) is 41.5 Å². The summed E-state index contributed by atoms with van der Waals surface area (Å²) in [5.41, 5.74) is -0.430. The normalized spacial score (nSPS) is 12.2.